The van der Waals surface area contributed by atoms with Crippen LogP contribution in [0, 0.1) is 0 Å². The second kappa shape index (κ2) is 9.05. The molecule has 152 valence electrons. The minimum atomic E-state index is -1.34. The average molecular weight is 392 g/mol. The predicted octanol–water partition coefficient (Wildman–Crippen LogP) is 4.25. The fourth-order valence-corrected chi connectivity index (χ4v) is 3.68. The van der Waals surface area contributed by atoms with Gasteiger partial charge in [-0.15, -0.1) is 0 Å². The number of nitrogens with one attached hydrogen (secondary N) is 1. The molecule has 5 heteroatoms. The van der Waals surface area contributed by atoms with Gasteiger partial charge in [-0.05, 0) is 37.5 Å². The molecule has 1 aliphatic rings. The van der Waals surface area contributed by atoms with Gasteiger partial charge in [0.1, 0.15) is 11.3 Å². The first-order valence-electron chi connectivity index (χ1n) is 10.1. The number of ketones is 1. The maximum Gasteiger partial charge on any atom is 0.261 e. The van der Waals surface area contributed by atoms with Crippen LogP contribution in [-0.2, 0) is 16.1 Å². The van der Waals surface area contributed by atoms with Crippen LogP contribution < -0.4 is 5.32 Å². The SMILES string of the molecule is CCCCC1=C(C(=O)Nc2ccccc2)C(=O)CC(C)(O)N1Cc1ccccc1. The highest BCUT2D eigenvalue weighted by molar-refractivity contribution is 6.24. The Hall–Kier alpha value is -2.92. The zero-order valence-corrected chi connectivity index (χ0v) is 17.0. The van der Waals surface area contributed by atoms with Crippen LogP contribution in [0.3, 0.4) is 0 Å². The van der Waals surface area contributed by atoms with Crippen molar-refractivity contribution < 1.29 is 14.7 Å². The Bertz CT molecular complexity index is 889. The van der Waals surface area contributed by atoms with Gasteiger partial charge in [0, 0.05) is 17.9 Å². The van der Waals surface area contributed by atoms with E-state index in [-0.39, 0.29) is 17.8 Å². The minimum Gasteiger partial charge on any atom is -0.371 e. The number of carbonyl (C=O) groups is 2. The van der Waals surface area contributed by atoms with Gasteiger partial charge in [-0.25, -0.2) is 0 Å². The summed E-state index contributed by atoms with van der Waals surface area (Å²) in [6.07, 6.45) is 2.19. The molecule has 5 nitrogen and oxygen atoms in total. The summed E-state index contributed by atoms with van der Waals surface area (Å²) < 4.78 is 0. The molecule has 0 saturated heterocycles. The van der Waals surface area contributed by atoms with Crippen molar-refractivity contribution in [2.24, 2.45) is 0 Å². The molecule has 0 saturated carbocycles. The van der Waals surface area contributed by atoms with Crippen LogP contribution in [-0.4, -0.2) is 27.4 Å². The van der Waals surface area contributed by atoms with Crippen LogP contribution in [0.4, 0.5) is 5.69 Å². The van der Waals surface area contributed by atoms with Gasteiger partial charge in [0.25, 0.3) is 5.91 Å². The fourth-order valence-electron chi connectivity index (χ4n) is 3.68. The van der Waals surface area contributed by atoms with Gasteiger partial charge in [-0.2, -0.15) is 0 Å². The van der Waals surface area contributed by atoms with Crippen LogP contribution in [0.2, 0.25) is 0 Å². The molecule has 1 amide bonds. The van der Waals surface area contributed by atoms with E-state index < -0.39 is 11.6 Å². The van der Waals surface area contributed by atoms with Gasteiger partial charge in [0.05, 0.1) is 6.42 Å². The topological polar surface area (TPSA) is 69.6 Å². The fraction of sp³-hybridized carbons (Fsp3) is 0.333. The first kappa shape index (κ1) is 20.8. The van der Waals surface area contributed by atoms with E-state index in [1.807, 2.05) is 53.4 Å². The van der Waals surface area contributed by atoms with Gasteiger partial charge >= 0.3 is 0 Å². The highest BCUT2D eigenvalue weighted by Gasteiger charge is 2.42. The minimum absolute atomic E-state index is 0.118. The molecule has 2 aromatic carbocycles. The lowest BCUT2D eigenvalue weighted by atomic mass is 9.89. The third-order valence-corrected chi connectivity index (χ3v) is 5.18. The maximum absolute atomic E-state index is 13.1. The number of amides is 1. The average Bonchev–Trinajstić information content (AvgIpc) is 2.69. The molecule has 0 radical (unpaired) electrons. The molecule has 0 aromatic heterocycles. The maximum atomic E-state index is 13.1. The molecule has 0 aliphatic carbocycles. The Morgan fingerprint density at radius 3 is 2.34 bits per heavy atom. The van der Waals surface area contributed by atoms with Gasteiger partial charge in [0.15, 0.2) is 5.78 Å². The van der Waals surface area contributed by atoms with Gasteiger partial charge in [-0.1, -0.05) is 61.9 Å². The zero-order chi connectivity index (χ0) is 20.9. The lowest BCUT2D eigenvalue weighted by molar-refractivity contribution is -0.137. The normalized spacial score (nSPS) is 19.4. The Labute approximate surface area is 172 Å². The molecule has 1 aliphatic heterocycles. The van der Waals surface area contributed by atoms with Gasteiger partial charge < -0.3 is 15.3 Å². The number of rotatable bonds is 7. The van der Waals surface area contributed by atoms with Crippen LogP contribution in [0.25, 0.3) is 0 Å². The summed E-state index contributed by atoms with van der Waals surface area (Å²) in [4.78, 5) is 27.8. The van der Waals surface area contributed by atoms with E-state index in [9.17, 15) is 14.7 Å². The standard InChI is InChI=1S/C24H28N2O3/c1-3-4-15-20-22(23(28)25-19-13-9-6-10-14-19)21(27)16-24(2,29)26(20)17-18-11-7-5-8-12-18/h5-14,29H,3-4,15-17H2,1-2H3,(H,25,28). The lowest BCUT2D eigenvalue weighted by Crippen LogP contribution is -2.52. The molecule has 0 bridgehead atoms. The number of carbonyl (C=O) groups excluding carboxylic acids is 2. The molecular weight excluding hydrogens is 364 g/mol. The summed E-state index contributed by atoms with van der Waals surface area (Å²) in [7, 11) is 0. The van der Waals surface area contributed by atoms with Crippen molar-refractivity contribution in [2.75, 3.05) is 5.32 Å². The molecule has 1 unspecified atom stereocenters. The summed E-state index contributed by atoms with van der Waals surface area (Å²) in [6.45, 7) is 4.14. The highest BCUT2D eigenvalue weighted by atomic mass is 16.3. The van der Waals surface area contributed by atoms with Gasteiger partial charge in [0.2, 0.25) is 0 Å². The molecule has 0 spiro atoms. The van der Waals surface area contributed by atoms with Crippen molar-refractivity contribution in [3.05, 3.63) is 77.5 Å². The predicted molar refractivity (Wildman–Crippen MR) is 114 cm³/mol. The Balaban J connectivity index is 2.01. The van der Waals surface area contributed by atoms with E-state index in [1.54, 1.807) is 19.1 Å². The number of benzene rings is 2. The molecule has 2 aromatic rings. The zero-order valence-electron chi connectivity index (χ0n) is 17.0. The van der Waals surface area contributed by atoms with Crippen molar-refractivity contribution in [3.8, 4) is 0 Å². The molecule has 29 heavy (non-hydrogen) atoms. The molecule has 1 atom stereocenters. The number of para-hydroxylation sites is 1. The molecule has 2 N–H and O–H groups in total. The Kier molecular flexibility index (Phi) is 6.49. The van der Waals surface area contributed by atoms with E-state index in [0.717, 1.165) is 18.4 Å². The van der Waals surface area contributed by atoms with Crippen molar-refractivity contribution >= 4 is 17.4 Å². The monoisotopic (exact) mass is 392 g/mol. The number of hydrogen-bond donors (Lipinski definition) is 2. The van der Waals surface area contributed by atoms with Crippen molar-refractivity contribution in [1.29, 1.82) is 0 Å². The van der Waals surface area contributed by atoms with E-state index in [1.165, 1.54) is 0 Å². The molecule has 3 rings (SSSR count). The summed E-state index contributed by atoms with van der Waals surface area (Å²) >= 11 is 0. The van der Waals surface area contributed by atoms with Crippen molar-refractivity contribution in [3.63, 3.8) is 0 Å². The molecule has 0 fully saturated rings. The first-order chi connectivity index (χ1) is 13.9. The van der Waals surface area contributed by atoms with Crippen LogP contribution in [0.1, 0.15) is 45.1 Å². The Morgan fingerprint density at radius 1 is 1.10 bits per heavy atom. The number of hydrogen-bond acceptors (Lipinski definition) is 4. The smallest absolute Gasteiger partial charge is 0.261 e. The van der Waals surface area contributed by atoms with Crippen molar-refractivity contribution in [2.45, 2.75) is 51.8 Å². The van der Waals surface area contributed by atoms with E-state index >= 15 is 0 Å². The summed E-state index contributed by atoms with van der Waals surface area (Å²) in [5, 5.41) is 13.9. The van der Waals surface area contributed by atoms with Gasteiger partial charge in [-0.3, -0.25) is 9.59 Å². The summed E-state index contributed by atoms with van der Waals surface area (Å²) in [5.74, 6) is -0.736. The van der Waals surface area contributed by atoms with Crippen molar-refractivity contribution in [1.82, 2.24) is 4.90 Å². The Morgan fingerprint density at radius 2 is 1.72 bits per heavy atom. The quantitative estimate of drug-likeness (QED) is 0.691. The van der Waals surface area contributed by atoms with E-state index in [2.05, 4.69) is 12.2 Å². The van der Waals surface area contributed by atoms with Crippen LogP contribution >= 0.6 is 0 Å². The lowest BCUT2D eigenvalue weighted by Gasteiger charge is -2.44. The third-order valence-electron chi connectivity index (χ3n) is 5.18. The second-order valence-corrected chi connectivity index (χ2v) is 7.63. The third kappa shape index (κ3) is 4.93. The number of anilines is 1. The number of Topliss-reactive ketones (excluding diaryl/α,β-unsaturated/α-hetero) is 1. The number of aliphatic hydroxyl groups is 1. The summed E-state index contributed by atoms with van der Waals surface area (Å²) in [5.41, 5.74) is 1.08. The highest BCUT2D eigenvalue weighted by Crippen LogP contribution is 2.35. The van der Waals surface area contributed by atoms with Crippen LogP contribution in [0.15, 0.2) is 71.9 Å². The number of unbranched alkanes of at least 4 members (excludes halogenated alkanes) is 1. The number of allylic oxidation sites excluding steroid dienone is 1. The largest absolute Gasteiger partial charge is 0.371 e. The van der Waals surface area contributed by atoms with E-state index in [4.69, 9.17) is 0 Å². The molecular formula is C24H28N2O3. The van der Waals surface area contributed by atoms with Crippen LogP contribution in [0.5, 0.6) is 0 Å². The first-order valence-corrected chi connectivity index (χ1v) is 10.1. The second-order valence-electron chi connectivity index (χ2n) is 7.63. The van der Waals surface area contributed by atoms with E-state index in [0.29, 0.717) is 24.4 Å². The number of nitrogens with zero attached hydrogens (tertiary/aromatic N) is 1. The molecule has 1 heterocycles. The summed E-state index contributed by atoms with van der Waals surface area (Å²) in [6, 6.07) is 18.9.